The van der Waals surface area contributed by atoms with E-state index in [1.807, 2.05) is 6.08 Å². The molecule has 0 N–H and O–H groups in total. The second-order valence-corrected chi connectivity index (χ2v) is 5.53. The predicted molar refractivity (Wildman–Crippen MR) is 60.5 cm³/mol. The van der Waals surface area contributed by atoms with Crippen LogP contribution in [0.25, 0.3) is 0 Å². The molecular formula is C14H20O. The molecule has 0 aromatic rings. The largest absolute Gasteiger partial charge is 0.295 e. The van der Waals surface area contributed by atoms with Crippen molar-refractivity contribution in [1.29, 1.82) is 0 Å². The smallest absolute Gasteiger partial charge is 0.159 e. The Labute approximate surface area is 91.9 Å². The highest BCUT2D eigenvalue weighted by atomic mass is 16.1. The Morgan fingerprint density at radius 3 is 2.60 bits per heavy atom. The molecule has 3 rings (SSSR count). The standard InChI is InChI=1S/C14H20O/c15-14-9-10-5-1-2-6-11(10)12-7-3-4-8-13(12)14/h9,11-13H,1-8H2/t11-,12-,13+/m0/s1. The van der Waals surface area contributed by atoms with Crippen molar-refractivity contribution in [2.45, 2.75) is 51.4 Å². The van der Waals surface area contributed by atoms with E-state index >= 15 is 0 Å². The summed E-state index contributed by atoms with van der Waals surface area (Å²) in [5, 5.41) is 0. The first kappa shape index (κ1) is 9.62. The Morgan fingerprint density at radius 1 is 0.933 bits per heavy atom. The van der Waals surface area contributed by atoms with Gasteiger partial charge in [-0.2, -0.15) is 0 Å². The van der Waals surface area contributed by atoms with Gasteiger partial charge in [-0.25, -0.2) is 0 Å². The van der Waals surface area contributed by atoms with Crippen LogP contribution in [-0.2, 0) is 4.79 Å². The third-order valence-corrected chi connectivity index (χ3v) is 4.74. The molecule has 0 radical (unpaired) electrons. The Kier molecular flexibility index (Phi) is 2.42. The van der Waals surface area contributed by atoms with E-state index in [2.05, 4.69) is 0 Å². The van der Waals surface area contributed by atoms with Crippen molar-refractivity contribution in [2.24, 2.45) is 17.8 Å². The maximum Gasteiger partial charge on any atom is 0.159 e. The molecule has 0 spiro atoms. The molecule has 0 saturated heterocycles. The Bertz CT molecular complexity index is 302. The molecule has 0 amide bonds. The van der Waals surface area contributed by atoms with Gasteiger partial charge >= 0.3 is 0 Å². The van der Waals surface area contributed by atoms with Gasteiger partial charge < -0.3 is 0 Å². The summed E-state index contributed by atoms with van der Waals surface area (Å²) in [5.41, 5.74) is 1.51. The van der Waals surface area contributed by atoms with Gasteiger partial charge in [0.25, 0.3) is 0 Å². The summed E-state index contributed by atoms with van der Waals surface area (Å²) < 4.78 is 0. The third kappa shape index (κ3) is 1.56. The minimum absolute atomic E-state index is 0.408. The van der Waals surface area contributed by atoms with Gasteiger partial charge in [-0.3, -0.25) is 4.79 Å². The lowest BCUT2D eigenvalue weighted by molar-refractivity contribution is -0.122. The minimum atomic E-state index is 0.408. The van der Waals surface area contributed by atoms with Gasteiger partial charge in [-0.05, 0) is 50.0 Å². The molecule has 3 atom stereocenters. The second-order valence-electron chi connectivity index (χ2n) is 5.53. The fourth-order valence-corrected chi connectivity index (χ4v) is 4.02. The summed E-state index contributed by atoms with van der Waals surface area (Å²) in [7, 11) is 0. The van der Waals surface area contributed by atoms with Crippen LogP contribution in [0.15, 0.2) is 11.6 Å². The van der Waals surface area contributed by atoms with Crippen LogP contribution in [0.3, 0.4) is 0 Å². The van der Waals surface area contributed by atoms with E-state index in [1.165, 1.54) is 56.9 Å². The number of carbonyl (C=O) groups is 1. The average molecular weight is 204 g/mol. The molecule has 2 fully saturated rings. The lowest BCUT2D eigenvalue weighted by Crippen LogP contribution is -2.37. The number of allylic oxidation sites excluding steroid dienone is 2. The quantitative estimate of drug-likeness (QED) is 0.590. The van der Waals surface area contributed by atoms with E-state index in [9.17, 15) is 4.79 Å². The molecule has 1 heteroatoms. The first-order valence-electron chi connectivity index (χ1n) is 6.60. The topological polar surface area (TPSA) is 17.1 Å². The van der Waals surface area contributed by atoms with Crippen molar-refractivity contribution in [1.82, 2.24) is 0 Å². The molecule has 82 valence electrons. The van der Waals surface area contributed by atoms with E-state index in [1.54, 1.807) is 0 Å². The summed E-state index contributed by atoms with van der Waals surface area (Å²) in [6, 6.07) is 0. The molecule has 1 nitrogen and oxygen atoms in total. The zero-order valence-corrected chi connectivity index (χ0v) is 9.37. The van der Waals surface area contributed by atoms with Crippen molar-refractivity contribution in [3.8, 4) is 0 Å². The molecule has 2 saturated carbocycles. The van der Waals surface area contributed by atoms with Crippen LogP contribution in [0, 0.1) is 17.8 Å². The number of ketones is 1. The van der Waals surface area contributed by atoms with Gasteiger partial charge in [0.2, 0.25) is 0 Å². The normalized spacial score (nSPS) is 40.4. The number of rotatable bonds is 0. The molecule has 0 unspecified atom stereocenters. The van der Waals surface area contributed by atoms with Crippen molar-refractivity contribution < 1.29 is 4.79 Å². The summed E-state index contributed by atoms with van der Waals surface area (Å²) in [4.78, 5) is 12.0. The van der Waals surface area contributed by atoms with E-state index in [-0.39, 0.29) is 0 Å². The van der Waals surface area contributed by atoms with Crippen molar-refractivity contribution in [2.75, 3.05) is 0 Å². The maximum absolute atomic E-state index is 12.0. The molecule has 0 aromatic heterocycles. The van der Waals surface area contributed by atoms with Crippen LogP contribution in [0.5, 0.6) is 0 Å². The highest BCUT2D eigenvalue weighted by molar-refractivity contribution is 5.93. The third-order valence-electron chi connectivity index (χ3n) is 4.74. The van der Waals surface area contributed by atoms with Crippen molar-refractivity contribution >= 4 is 5.78 Å². The maximum atomic E-state index is 12.0. The fourth-order valence-electron chi connectivity index (χ4n) is 4.02. The van der Waals surface area contributed by atoms with Gasteiger partial charge in [0.05, 0.1) is 0 Å². The summed E-state index contributed by atoms with van der Waals surface area (Å²) >= 11 is 0. The van der Waals surface area contributed by atoms with E-state index in [0.29, 0.717) is 11.7 Å². The number of fused-ring (bicyclic) bond motifs is 3. The lowest BCUT2D eigenvalue weighted by Gasteiger charge is -2.42. The van der Waals surface area contributed by atoms with Crippen LogP contribution in [0.4, 0.5) is 0 Å². The van der Waals surface area contributed by atoms with Crippen LogP contribution >= 0.6 is 0 Å². The molecular weight excluding hydrogens is 184 g/mol. The highest BCUT2D eigenvalue weighted by Crippen LogP contribution is 2.47. The van der Waals surface area contributed by atoms with Gasteiger partial charge in [-0.15, -0.1) is 0 Å². The van der Waals surface area contributed by atoms with E-state index in [0.717, 1.165) is 11.8 Å². The van der Waals surface area contributed by atoms with Gasteiger partial charge in [0.15, 0.2) is 5.78 Å². The number of carbonyl (C=O) groups excluding carboxylic acids is 1. The first-order valence-corrected chi connectivity index (χ1v) is 6.60. The van der Waals surface area contributed by atoms with Gasteiger partial charge in [-0.1, -0.05) is 24.8 Å². The first-order chi connectivity index (χ1) is 7.36. The molecule has 15 heavy (non-hydrogen) atoms. The summed E-state index contributed by atoms with van der Waals surface area (Å²) in [6.07, 6.45) is 12.4. The van der Waals surface area contributed by atoms with Crippen LogP contribution in [0.2, 0.25) is 0 Å². The number of hydrogen-bond acceptors (Lipinski definition) is 1. The van der Waals surface area contributed by atoms with Crippen LogP contribution in [-0.4, -0.2) is 5.78 Å². The Hall–Kier alpha value is -0.590. The molecule has 0 bridgehead atoms. The fraction of sp³-hybridized carbons (Fsp3) is 0.786. The van der Waals surface area contributed by atoms with Crippen LogP contribution in [0.1, 0.15) is 51.4 Å². The van der Waals surface area contributed by atoms with Gasteiger partial charge in [0, 0.05) is 5.92 Å². The summed E-state index contributed by atoms with van der Waals surface area (Å²) in [6.45, 7) is 0. The monoisotopic (exact) mass is 204 g/mol. The zero-order chi connectivity index (χ0) is 10.3. The Morgan fingerprint density at radius 2 is 1.67 bits per heavy atom. The Balaban J connectivity index is 1.91. The molecule has 0 aromatic carbocycles. The van der Waals surface area contributed by atoms with Crippen molar-refractivity contribution in [3.05, 3.63) is 11.6 Å². The average Bonchev–Trinajstić information content (AvgIpc) is 2.30. The van der Waals surface area contributed by atoms with E-state index < -0.39 is 0 Å². The van der Waals surface area contributed by atoms with Crippen molar-refractivity contribution in [3.63, 3.8) is 0 Å². The lowest BCUT2D eigenvalue weighted by atomic mass is 9.62. The van der Waals surface area contributed by atoms with Crippen LogP contribution < -0.4 is 0 Å². The molecule has 0 heterocycles. The van der Waals surface area contributed by atoms with E-state index in [4.69, 9.17) is 0 Å². The van der Waals surface area contributed by atoms with Gasteiger partial charge in [0.1, 0.15) is 0 Å². The highest BCUT2D eigenvalue weighted by Gasteiger charge is 2.40. The molecule has 0 aliphatic heterocycles. The molecule has 3 aliphatic carbocycles. The molecule has 3 aliphatic rings. The summed E-state index contributed by atoms with van der Waals surface area (Å²) in [5.74, 6) is 2.40. The predicted octanol–water partition coefficient (Wildman–Crippen LogP) is 3.49. The number of hydrogen-bond donors (Lipinski definition) is 0. The second kappa shape index (κ2) is 3.77. The SMILES string of the molecule is O=C1C=C2CCCC[C@@H]2[C@@H]2CCCC[C@@H]12. The minimum Gasteiger partial charge on any atom is -0.295 e. The zero-order valence-electron chi connectivity index (χ0n) is 9.37.